The molecule has 0 aromatic rings. The van der Waals surface area contributed by atoms with Gasteiger partial charge in [0, 0.05) is 6.42 Å². The van der Waals surface area contributed by atoms with E-state index in [0.717, 1.165) is 0 Å². The molecule has 0 aliphatic rings. The van der Waals surface area contributed by atoms with Gasteiger partial charge in [0.1, 0.15) is 0 Å². The van der Waals surface area contributed by atoms with Gasteiger partial charge < -0.3 is 0 Å². The fraction of sp³-hybridized carbons (Fsp3) is 0.250. The molecule has 0 heterocycles. The molecule has 0 rings (SSSR count). The van der Waals surface area contributed by atoms with Crippen molar-refractivity contribution in [2.45, 2.75) is 0 Å². The molecule has 0 bridgehead atoms. The summed E-state index contributed by atoms with van der Waals surface area (Å²) in [5, 5.41) is 9.40. The Balaban J connectivity index is 2.40. The molecule has 0 spiro atoms. The molecule has 2 radical (unpaired) electrons. The molecular weight excluding hydrogens is 64.0 g/mol. The van der Waals surface area contributed by atoms with Crippen LogP contribution >= 0.6 is 0 Å². The second-order valence-electron chi connectivity index (χ2n) is 0.638. The molecule has 0 amide bonds. The predicted molar refractivity (Wildman–Crippen MR) is 20.1 cm³/mol. The van der Waals surface area contributed by atoms with Crippen LogP contribution in [0.2, 0.25) is 0 Å². The number of rotatable bonds is 2. The summed E-state index contributed by atoms with van der Waals surface area (Å²) in [7, 11) is 0. The molecular formula is C4H6O. The molecule has 0 aromatic heterocycles. The topological polar surface area (TPSA) is 19.9 Å². The Morgan fingerprint density at radius 3 is 2.40 bits per heavy atom. The summed E-state index contributed by atoms with van der Waals surface area (Å²) >= 11 is 0. The SMILES string of the molecule is C=C[CH]C[O]. The van der Waals surface area contributed by atoms with Crippen molar-refractivity contribution in [2.24, 2.45) is 0 Å². The maximum atomic E-state index is 9.40. The van der Waals surface area contributed by atoms with Crippen LogP contribution in [0.4, 0.5) is 0 Å². The Labute approximate surface area is 31.9 Å². The van der Waals surface area contributed by atoms with E-state index in [4.69, 9.17) is 0 Å². The van der Waals surface area contributed by atoms with Crippen LogP contribution < -0.4 is 0 Å². The first-order chi connectivity index (χ1) is 2.41. The molecule has 0 aliphatic carbocycles. The second kappa shape index (κ2) is 3.70. The maximum Gasteiger partial charge on any atom is 0.0891 e. The third-order valence-electron chi connectivity index (χ3n) is 0.263. The molecule has 1 nitrogen and oxygen atoms in total. The zero-order valence-corrected chi connectivity index (χ0v) is 2.98. The van der Waals surface area contributed by atoms with E-state index in [9.17, 15) is 5.11 Å². The molecule has 0 saturated heterocycles. The van der Waals surface area contributed by atoms with Crippen LogP contribution in [0, 0.1) is 6.42 Å². The minimum absolute atomic E-state index is 0.149. The Morgan fingerprint density at radius 2 is 2.40 bits per heavy atom. The Hall–Kier alpha value is -0.300. The van der Waals surface area contributed by atoms with Crippen LogP contribution in [0.15, 0.2) is 12.7 Å². The molecule has 0 unspecified atom stereocenters. The van der Waals surface area contributed by atoms with Crippen molar-refractivity contribution in [3.8, 4) is 0 Å². The van der Waals surface area contributed by atoms with E-state index in [2.05, 4.69) is 6.58 Å². The summed E-state index contributed by atoms with van der Waals surface area (Å²) in [5.74, 6) is 0. The van der Waals surface area contributed by atoms with Gasteiger partial charge in [0.25, 0.3) is 0 Å². The summed E-state index contributed by atoms with van der Waals surface area (Å²) in [6.07, 6.45) is 2.95. The van der Waals surface area contributed by atoms with Crippen molar-refractivity contribution in [1.29, 1.82) is 0 Å². The largest absolute Gasteiger partial charge is 0.236 e. The Bertz CT molecular complexity index is 24.8. The van der Waals surface area contributed by atoms with Crippen molar-refractivity contribution < 1.29 is 5.11 Å². The smallest absolute Gasteiger partial charge is 0.0891 e. The fourth-order valence-electron chi connectivity index (χ4n) is 0.0680. The van der Waals surface area contributed by atoms with Crippen LogP contribution in [-0.4, -0.2) is 6.61 Å². The third kappa shape index (κ3) is 3.70. The van der Waals surface area contributed by atoms with Crippen molar-refractivity contribution in [1.82, 2.24) is 0 Å². The van der Waals surface area contributed by atoms with Gasteiger partial charge in [-0.1, -0.05) is 6.08 Å². The van der Waals surface area contributed by atoms with E-state index in [-0.39, 0.29) is 6.61 Å². The molecule has 5 heavy (non-hydrogen) atoms. The van der Waals surface area contributed by atoms with Crippen LogP contribution in [0.25, 0.3) is 0 Å². The highest BCUT2D eigenvalue weighted by Crippen LogP contribution is 1.68. The van der Waals surface area contributed by atoms with Gasteiger partial charge in [0.15, 0.2) is 0 Å². The van der Waals surface area contributed by atoms with E-state index >= 15 is 0 Å². The quantitative estimate of drug-likeness (QED) is 0.458. The first kappa shape index (κ1) is 4.70. The van der Waals surface area contributed by atoms with Crippen LogP contribution in [-0.2, 0) is 5.11 Å². The first-order valence-electron chi connectivity index (χ1n) is 1.44. The van der Waals surface area contributed by atoms with Gasteiger partial charge in [-0.15, -0.1) is 6.58 Å². The summed E-state index contributed by atoms with van der Waals surface area (Å²) in [6.45, 7) is 3.15. The summed E-state index contributed by atoms with van der Waals surface area (Å²) < 4.78 is 0. The van der Waals surface area contributed by atoms with Crippen LogP contribution in [0.1, 0.15) is 0 Å². The molecule has 0 aromatic carbocycles. The minimum Gasteiger partial charge on any atom is -0.236 e. The van der Waals surface area contributed by atoms with Crippen molar-refractivity contribution in [3.05, 3.63) is 19.1 Å². The van der Waals surface area contributed by atoms with Crippen molar-refractivity contribution in [3.63, 3.8) is 0 Å². The summed E-state index contributed by atoms with van der Waals surface area (Å²) in [5.41, 5.74) is 0. The lowest BCUT2D eigenvalue weighted by Crippen LogP contribution is -1.70. The van der Waals surface area contributed by atoms with Gasteiger partial charge in [-0.25, -0.2) is 5.11 Å². The predicted octanol–water partition coefficient (Wildman–Crippen LogP) is 0.807. The van der Waals surface area contributed by atoms with Gasteiger partial charge in [0.05, 0.1) is 6.61 Å². The maximum absolute atomic E-state index is 9.40. The summed E-state index contributed by atoms with van der Waals surface area (Å²) in [4.78, 5) is 0. The molecule has 0 saturated carbocycles. The lowest BCUT2D eigenvalue weighted by Gasteiger charge is -1.69. The molecule has 0 N–H and O–H groups in total. The van der Waals surface area contributed by atoms with Gasteiger partial charge in [-0.05, 0) is 0 Å². The van der Waals surface area contributed by atoms with E-state index in [1.807, 2.05) is 0 Å². The second-order valence-corrected chi connectivity index (χ2v) is 0.638. The highest BCUT2D eigenvalue weighted by atomic mass is 16.2. The van der Waals surface area contributed by atoms with E-state index in [1.165, 1.54) is 12.5 Å². The zero-order chi connectivity index (χ0) is 4.12. The zero-order valence-electron chi connectivity index (χ0n) is 2.98. The molecule has 0 aliphatic heterocycles. The summed E-state index contributed by atoms with van der Waals surface area (Å²) in [6, 6.07) is 0. The molecule has 0 atom stereocenters. The van der Waals surface area contributed by atoms with E-state index < -0.39 is 0 Å². The van der Waals surface area contributed by atoms with Gasteiger partial charge in [0.2, 0.25) is 0 Å². The van der Waals surface area contributed by atoms with Crippen LogP contribution in [0.5, 0.6) is 0 Å². The number of hydrogen-bond acceptors (Lipinski definition) is 0. The average Bonchev–Trinajstić information content (AvgIpc) is 1.41. The monoisotopic (exact) mass is 70.0 g/mol. The normalized spacial score (nSPS) is 7.40. The number of hydrogen-bond donors (Lipinski definition) is 0. The lowest BCUT2D eigenvalue weighted by atomic mass is 10.5. The van der Waals surface area contributed by atoms with E-state index in [0.29, 0.717) is 0 Å². The standard InChI is InChI=1S/C4H6O/c1-2-3-4-5/h2-3H,1,4H2. The third-order valence-corrected chi connectivity index (χ3v) is 0.263. The van der Waals surface area contributed by atoms with Crippen molar-refractivity contribution in [2.75, 3.05) is 6.61 Å². The molecule has 0 fully saturated rings. The lowest BCUT2D eigenvalue weighted by molar-refractivity contribution is 0.224. The van der Waals surface area contributed by atoms with Gasteiger partial charge >= 0.3 is 0 Å². The Morgan fingerprint density at radius 1 is 1.80 bits per heavy atom. The molecule has 28 valence electrons. The van der Waals surface area contributed by atoms with Gasteiger partial charge in [-0.3, -0.25) is 0 Å². The first-order valence-corrected chi connectivity index (χ1v) is 1.44. The van der Waals surface area contributed by atoms with Crippen molar-refractivity contribution >= 4 is 0 Å². The highest BCUT2D eigenvalue weighted by Gasteiger charge is 1.66. The minimum atomic E-state index is -0.149. The van der Waals surface area contributed by atoms with E-state index in [1.54, 1.807) is 0 Å². The molecule has 1 heteroatoms. The highest BCUT2D eigenvalue weighted by molar-refractivity contribution is 4.84. The fourth-order valence-corrected chi connectivity index (χ4v) is 0.0680. The Kier molecular flexibility index (Phi) is 3.48. The average molecular weight is 70.1 g/mol. The van der Waals surface area contributed by atoms with Gasteiger partial charge in [-0.2, -0.15) is 0 Å². The van der Waals surface area contributed by atoms with Crippen LogP contribution in [0.3, 0.4) is 0 Å².